The number of halogens is 1. The third-order valence-corrected chi connectivity index (χ3v) is 3.78. The van der Waals surface area contributed by atoms with E-state index in [9.17, 15) is 14.0 Å². The first kappa shape index (κ1) is 16.6. The van der Waals surface area contributed by atoms with E-state index in [4.69, 9.17) is 0 Å². The molecule has 0 aliphatic heterocycles. The maximum atomic E-state index is 13.3. The summed E-state index contributed by atoms with van der Waals surface area (Å²) < 4.78 is 17.9. The number of methoxy groups -OCH3 is 1. The normalized spacial score (nSPS) is 10.5. The van der Waals surface area contributed by atoms with E-state index in [-0.39, 0.29) is 11.7 Å². The Morgan fingerprint density at radius 3 is 2.48 bits per heavy atom. The van der Waals surface area contributed by atoms with Gasteiger partial charge >= 0.3 is 5.97 Å². The van der Waals surface area contributed by atoms with Gasteiger partial charge in [-0.05, 0) is 49.4 Å². The molecule has 25 heavy (non-hydrogen) atoms. The number of ether oxygens (including phenoxy) is 1. The molecule has 2 aromatic carbocycles. The van der Waals surface area contributed by atoms with E-state index in [1.807, 2.05) is 0 Å². The largest absolute Gasteiger partial charge is 0.465 e. The van der Waals surface area contributed by atoms with Gasteiger partial charge in [0.05, 0.1) is 29.4 Å². The van der Waals surface area contributed by atoms with Crippen LogP contribution in [-0.2, 0) is 4.74 Å². The van der Waals surface area contributed by atoms with Crippen molar-refractivity contribution in [1.29, 1.82) is 0 Å². The first-order valence-corrected chi connectivity index (χ1v) is 7.54. The molecule has 0 aliphatic carbocycles. The van der Waals surface area contributed by atoms with Crippen LogP contribution in [0.5, 0.6) is 0 Å². The van der Waals surface area contributed by atoms with Crippen LogP contribution in [0.15, 0.2) is 48.5 Å². The number of aromatic nitrogens is 1. The Labute approximate surface area is 143 Å². The fraction of sp³-hybridized carbons (Fsp3) is 0.105. The number of rotatable bonds is 3. The van der Waals surface area contributed by atoms with Crippen molar-refractivity contribution >= 4 is 28.5 Å². The highest BCUT2D eigenvalue weighted by molar-refractivity contribution is 6.07. The molecule has 0 aliphatic rings. The van der Waals surface area contributed by atoms with Gasteiger partial charge in [-0.3, -0.25) is 9.78 Å². The Hall–Kier alpha value is -3.28. The smallest absolute Gasteiger partial charge is 0.337 e. The van der Waals surface area contributed by atoms with Crippen LogP contribution in [0.25, 0.3) is 10.9 Å². The summed E-state index contributed by atoms with van der Waals surface area (Å²) >= 11 is 0. The molecule has 0 bridgehead atoms. The quantitative estimate of drug-likeness (QED) is 0.739. The number of carbonyl (C=O) groups excluding carboxylic acids is 2. The van der Waals surface area contributed by atoms with Crippen molar-refractivity contribution in [3.05, 3.63) is 71.2 Å². The van der Waals surface area contributed by atoms with Gasteiger partial charge in [-0.25, -0.2) is 9.18 Å². The third-order valence-electron chi connectivity index (χ3n) is 3.78. The monoisotopic (exact) mass is 338 g/mol. The van der Waals surface area contributed by atoms with Gasteiger partial charge in [0.15, 0.2) is 0 Å². The number of nitrogens with zero attached hydrogens (tertiary/aromatic N) is 1. The van der Waals surface area contributed by atoms with E-state index in [1.54, 1.807) is 43.3 Å². The summed E-state index contributed by atoms with van der Waals surface area (Å²) in [5, 5.41) is 3.43. The first-order chi connectivity index (χ1) is 12.0. The minimum atomic E-state index is -0.445. The van der Waals surface area contributed by atoms with Crippen molar-refractivity contribution in [2.24, 2.45) is 0 Å². The molecule has 1 heterocycles. The van der Waals surface area contributed by atoms with E-state index >= 15 is 0 Å². The van der Waals surface area contributed by atoms with Crippen molar-refractivity contribution in [3.63, 3.8) is 0 Å². The van der Waals surface area contributed by atoms with Crippen LogP contribution in [0.3, 0.4) is 0 Å². The van der Waals surface area contributed by atoms with Gasteiger partial charge in [0.1, 0.15) is 5.82 Å². The summed E-state index contributed by atoms with van der Waals surface area (Å²) in [5.41, 5.74) is 2.33. The molecule has 1 amide bonds. The second-order valence-electron chi connectivity index (χ2n) is 5.48. The number of hydrogen-bond donors (Lipinski definition) is 1. The molecular formula is C19H15FN2O3. The highest BCUT2D eigenvalue weighted by atomic mass is 19.1. The van der Waals surface area contributed by atoms with Crippen LogP contribution >= 0.6 is 0 Å². The Balaban J connectivity index is 1.85. The lowest BCUT2D eigenvalue weighted by molar-refractivity contribution is 0.0600. The van der Waals surface area contributed by atoms with Crippen LogP contribution in [0.1, 0.15) is 26.4 Å². The zero-order valence-corrected chi connectivity index (χ0v) is 13.7. The lowest BCUT2D eigenvalue weighted by atomic mass is 10.1. The van der Waals surface area contributed by atoms with E-state index in [0.29, 0.717) is 33.4 Å². The van der Waals surface area contributed by atoms with Crippen molar-refractivity contribution < 1.29 is 18.7 Å². The van der Waals surface area contributed by atoms with E-state index in [2.05, 4.69) is 15.0 Å². The minimum Gasteiger partial charge on any atom is -0.465 e. The molecular weight excluding hydrogens is 323 g/mol. The number of pyridine rings is 1. The lowest BCUT2D eigenvalue weighted by Crippen LogP contribution is -2.14. The number of carbonyl (C=O) groups is 2. The molecule has 5 nitrogen and oxygen atoms in total. The van der Waals surface area contributed by atoms with E-state index in [1.165, 1.54) is 19.2 Å². The fourth-order valence-corrected chi connectivity index (χ4v) is 2.47. The Bertz CT molecular complexity index is 968. The SMILES string of the molecule is COC(=O)c1ccc(NC(=O)c2cc3ccc(F)cc3nc2C)cc1. The van der Waals surface area contributed by atoms with Gasteiger partial charge in [-0.15, -0.1) is 0 Å². The molecule has 1 N–H and O–H groups in total. The molecule has 126 valence electrons. The summed E-state index contributed by atoms with van der Waals surface area (Å²) in [7, 11) is 1.30. The molecule has 0 saturated heterocycles. The molecule has 0 spiro atoms. The predicted molar refractivity (Wildman–Crippen MR) is 92.2 cm³/mol. The van der Waals surface area contributed by atoms with Gasteiger partial charge in [0.25, 0.3) is 5.91 Å². The number of hydrogen-bond acceptors (Lipinski definition) is 4. The average molecular weight is 338 g/mol. The molecule has 0 saturated carbocycles. The predicted octanol–water partition coefficient (Wildman–Crippen LogP) is 3.72. The highest BCUT2D eigenvalue weighted by Gasteiger charge is 2.13. The second-order valence-corrected chi connectivity index (χ2v) is 5.48. The second kappa shape index (κ2) is 6.68. The summed E-state index contributed by atoms with van der Waals surface area (Å²) in [6.45, 7) is 1.69. The molecule has 3 aromatic rings. The van der Waals surface area contributed by atoms with Gasteiger partial charge in [-0.1, -0.05) is 0 Å². The standard InChI is InChI=1S/C19H15FN2O3/c1-11-16(9-13-3-6-14(20)10-17(13)21-11)18(23)22-15-7-4-12(5-8-15)19(24)25-2/h3-10H,1-2H3,(H,22,23). The summed E-state index contributed by atoms with van der Waals surface area (Å²) in [4.78, 5) is 28.2. The number of nitrogens with one attached hydrogen (secondary N) is 1. The number of fused-ring (bicyclic) bond motifs is 1. The van der Waals surface area contributed by atoms with Crippen LogP contribution < -0.4 is 5.32 Å². The third kappa shape index (κ3) is 3.47. The van der Waals surface area contributed by atoms with Crippen molar-refractivity contribution in [3.8, 4) is 0 Å². The van der Waals surface area contributed by atoms with Crippen LogP contribution in [-0.4, -0.2) is 24.0 Å². The molecule has 1 aromatic heterocycles. The molecule has 3 rings (SSSR count). The summed E-state index contributed by atoms with van der Waals surface area (Å²) in [5.74, 6) is -1.15. The molecule has 6 heteroatoms. The Kier molecular flexibility index (Phi) is 4.43. The zero-order chi connectivity index (χ0) is 18.0. The fourth-order valence-electron chi connectivity index (χ4n) is 2.47. The Morgan fingerprint density at radius 1 is 1.08 bits per heavy atom. The van der Waals surface area contributed by atoms with Crippen molar-refractivity contribution in [1.82, 2.24) is 4.98 Å². The number of benzene rings is 2. The van der Waals surface area contributed by atoms with Crippen molar-refractivity contribution in [2.45, 2.75) is 6.92 Å². The summed E-state index contributed by atoms with van der Waals surface area (Å²) in [6.07, 6.45) is 0. The van der Waals surface area contributed by atoms with Crippen molar-refractivity contribution in [2.75, 3.05) is 12.4 Å². The van der Waals surface area contributed by atoms with Gasteiger partial charge in [-0.2, -0.15) is 0 Å². The van der Waals surface area contributed by atoms with Gasteiger partial charge < -0.3 is 10.1 Å². The number of amides is 1. The van der Waals surface area contributed by atoms with Gasteiger partial charge in [0.2, 0.25) is 0 Å². The van der Waals surface area contributed by atoms with Crippen LogP contribution in [0.4, 0.5) is 10.1 Å². The number of anilines is 1. The maximum Gasteiger partial charge on any atom is 0.337 e. The number of esters is 1. The maximum absolute atomic E-state index is 13.3. The molecule has 0 fully saturated rings. The van der Waals surface area contributed by atoms with Crippen LogP contribution in [0.2, 0.25) is 0 Å². The van der Waals surface area contributed by atoms with Gasteiger partial charge in [0, 0.05) is 17.1 Å². The molecule has 0 unspecified atom stereocenters. The zero-order valence-electron chi connectivity index (χ0n) is 13.7. The Morgan fingerprint density at radius 2 is 1.80 bits per heavy atom. The molecule has 0 atom stereocenters. The van der Waals surface area contributed by atoms with Crippen LogP contribution in [0, 0.1) is 12.7 Å². The van der Waals surface area contributed by atoms with E-state index < -0.39 is 5.97 Å². The number of aryl methyl sites for hydroxylation is 1. The first-order valence-electron chi connectivity index (χ1n) is 7.54. The molecule has 0 radical (unpaired) electrons. The topological polar surface area (TPSA) is 68.3 Å². The highest BCUT2D eigenvalue weighted by Crippen LogP contribution is 2.19. The van der Waals surface area contributed by atoms with E-state index in [0.717, 1.165) is 0 Å². The minimum absolute atomic E-state index is 0.331. The average Bonchev–Trinajstić information content (AvgIpc) is 2.61. The lowest BCUT2D eigenvalue weighted by Gasteiger charge is -2.09. The summed E-state index contributed by atoms with van der Waals surface area (Å²) in [6, 6.07) is 12.3.